The maximum Gasteiger partial charge on any atom is 0.303 e. The van der Waals surface area contributed by atoms with Crippen LogP contribution in [0.3, 0.4) is 0 Å². The van der Waals surface area contributed by atoms with E-state index in [9.17, 15) is 4.79 Å². The number of carboxylic acid groups (broad SMARTS) is 1. The number of rotatable bonds is 4. The zero-order valence-electron chi connectivity index (χ0n) is 6.75. The molecule has 0 aromatic heterocycles. The van der Waals surface area contributed by atoms with Crippen LogP contribution < -0.4 is 0 Å². The number of hydrogen-bond acceptors (Lipinski definition) is 2. The number of ether oxygens (including phenoxy) is 1. The van der Waals surface area contributed by atoms with Gasteiger partial charge in [0, 0.05) is 6.61 Å². The van der Waals surface area contributed by atoms with E-state index >= 15 is 0 Å². The minimum atomic E-state index is -0.715. The van der Waals surface area contributed by atoms with E-state index < -0.39 is 5.97 Å². The van der Waals surface area contributed by atoms with E-state index in [2.05, 4.69) is 0 Å². The molecule has 64 valence electrons. The van der Waals surface area contributed by atoms with Crippen LogP contribution >= 0.6 is 0 Å². The summed E-state index contributed by atoms with van der Waals surface area (Å²) in [6.07, 6.45) is 2.40. The fraction of sp³-hybridized carbons (Fsp3) is 0.875. The van der Waals surface area contributed by atoms with Crippen molar-refractivity contribution < 1.29 is 14.6 Å². The Morgan fingerprint density at radius 3 is 2.73 bits per heavy atom. The maximum absolute atomic E-state index is 10.4. The van der Waals surface area contributed by atoms with Crippen molar-refractivity contribution in [1.82, 2.24) is 0 Å². The Labute approximate surface area is 66.4 Å². The Bertz CT molecular complexity index is 140. The lowest BCUT2D eigenvalue weighted by molar-refractivity contribution is -0.143. The Morgan fingerprint density at radius 2 is 2.45 bits per heavy atom. The summed E-state index contributed by atoms with van der Waals surface area (Å²) in [5.41, 5.74) is 0. The molecule has 1 rings (SSSR count). The summed E-state index contributed by atoms with van der Waals surface area (Å²) in [7, 11) is 0. The van der Waals surface area contributed by atoms with Crippen LogP contribution in [0.5, 0.6) is 0 Å². The normalized spacial score (nSPS) is 25.7. The van der Waals surface area contributed by atoms with Gasteiger partial charge in [-0.25, -0.2) is 0 Å². The quantitative estimate of drug-likeness (QED) is 0.670. The van der Waals surface area contributed by atoms with Gasteiger partial charge in [0.15, 0.2) is 0 Å². The van der Waals surface area contributed by atoms with Crippen molar-refractivity contribution in [3.05, 3.63) is 0 Å². The van der Waals surface area contributed by atoms with E-state index in [0.717, 1.165) is 19.4 Å². The lowest BCUT2D eigenvalue weighted by Gasteiger charge is -2.32. The number of hydrogen-bond donors (Lipinski definition) is 1. The first-order valence-electron chi connectivity index (χ1n) is 4.07. The fourth-order valence-corrected chi connectivity index (χ4v) is 1.39. The first-order valence-corrected chi connectivity index (χ1v) is 4.07. The fourth-order valence-electron chi connectivity index (χ4n) is 1.39. The zero-order valence-corrected chi connectivity index (χ0v) is 6.75. The molecule has 0 amide bonds. The third kappa shape index (κ3) is 2.19. The zero-order chi connectivity index (χ0) is 8.27. The Balaban J connectivity index is 2.29. The summed E-state index contributed by atoms with van der Waals surface area (Å²) in [5, 5.41) is 8.53. The van der Waals surface area contributed by atoms with Gasteiger partial charge in [-0.05, 0) is 12.3 Å². The summed E-state index contributed by atoms with van der Waals surface area (Å²) < 4.78 is 5.22. The smallest absolute Gasteiger partial charge is 0.303 e. The second-order valence-corrected chi connectivity index (χ2v) is 2.96. The van der Waals surface area contributed by atoms with Gasteiger partial charge in [0.25, 0.3) is 0 Å². The molecule has 0 aromatic rings. The van der Waals surface area contributed by atoms with Crippen molar-refractivity contribution in [3.63, 3.8) is 0 Å². The Morgan fingerprint density at radius 1 is 1.82 bits per heavy atom. The van der Waals surface area contributed by atoms with Gasteiger partial charge in [0.05, 0.1) is 12.5 Å². The van der Waals surface area contributed by atoms with Crippen LogP contribution in [-0.2, 0) is 9.53 Å². The summed E-state index contributed by atoms with van der Waals surface area (Å²) >= 11 is 0. The van der Waals surface area contributed by atoms with Gasteiger partial charge < -0.3 is 9.84 Å². The molecular formula is C8H14O3. The molecule has 1 saturated heterocycles. The first kappa shape index (κ1) is 8.53. The number of carbonyl (C=O) groups is 1. The highest BCUT2D eigenvalue weighted by Gasteiger charge is 2.28. The van der Waals surface area contributed by atoms with Crippen molar-refractivity contribution in [1.29, 1.82) is 0 Å². The van der Waals surface area contributed by atoms with Crippen LogP contribution in [0, 0.1) is 5.92 Å². The largest absolute Gasteiger partial charge is 0.481 e. The topological polar surface area (TPSA) is 46.5 Å². The highest BCUT2D eigenvalue weighted by atomic mass is 16.5. The number of carboxylic acids is 1. The van der Waals surface area contributed by atoms with E-state index in [1.165, 1.54) is 0 Å². The second kappa shape index (κ2) is 3.72. The molecule has 0 spiro atoms. The van der Waals surface area contributed by atoms with Crippen molar-refractivity contribution in [2.45, 2.75) is 32.3 Å². The van der Waals surface area contributed by atoms with Gasteiger partial charge in [-0.2, -0.15) is 0 Å². The Kier molecular flexibility index (Phi) is 2.88. The molecular weight excluding hydrogens is 144 g/mol. The van der Waals surface area contributed by atoms with Crippen LogP contribution in [0.4, 0.5) is 0 Å². The van der Waals surface area contributed by atoms with Crippen LogP contribution in [0.15, 0.2) is 0 Å². The van der Waals surface area contributed by atoms with E-state index in [0.29, 0.717) is 0 Å². The van der Waals surface area contributed by atoms with Crippen molar-refractivity contribution in [2.24, 2.45) is 5.92 Å². The van der Waals surface area contributed by atoms with Crippen molar-refractivity contribution >= 4 is 5.97 Å². The SMILES string of the molecule is CCC(CC(=O)O)C1CCO1. The molecule has 1 aliphatic rings. The molecule has 3 nitrogen and oxygen atoms in total. The molecule has 1 heterocycles. The third-order valence-corrected chi connectivity index (χ3v) is 2.22. The predicted octanol–water partition coefficient (Wildman–Crippen LogP) is 1.28. The molecule has 1 fully saturated rings. The van der Waals surface area contributed by atoms with Crippen molar-refractivity contribution in [2.75, 3.05) is 6.61 Å². The predicted molar refractivity (Wildman–Crippen MR) is 40.4 cm³/mol. The van der Waals surface area contributed by atoms with Crippen LogP contribution in [0.1, 0.15) is 26.2 Å². The molecule has 11 heavy (non-hydrogen) atoms. The molecule has 0 bridgehead atoms. The molecule has 2 unspecified atom stereocenters. The summed E-state index contributed by atoms with van der Waals surface area (Å²) in [6.45, 7) is 2.82. The van der Waals surface area contributed by atoms with Gasteiger partial charge >= 0.3 is 5.97 Å². The average molecular weight is 158 g/mol. The lowest BCUT2D eigenvalue weighted by atomic mass is 9.91. The van der Waals surface area contributed by atoms with Crippen molar-refractivity contribution in [3.8, 4) is 0 Å². The maximum atomic E-state index is 10.4. The van der Waals surface area contributed by atoms with Gasteiger partial charge in [-0.3, -0.25) is 4.79 Å². The highest BCUT2D eigenvalue weighted by Crippen LogP contribution is 2.25. The summed E-state index contributed by atoms with van der Waals surface area (Å²) in [5.74, 6) is -0.492. The van der Waals surface area contributed by atoms with Gasteiger partial charge in [0.1, 0.15) is 0 Å². The lowest BCUT2D eigenvalue weighted by Crippen LogP contribution is -2.35. The molecule has 0 aromatic carbocycles. The van der Waals surface area contributed by atoms with E-state index in [4.69, 9.17) is 9.84 Å². The van der Waals surface area contributed by atoms with Crippen LogP contribution in [-0.4, -0.2) is 23.8 Å². The third-order valence-electron chi connectivity index (χ3n) is 2.22. The van der Waals surface area contributed by atoms with Gasteiger partial charge in [-0.1, -0.05) is 13.3 Å². The Hall–Kier alpha value is -0.570. The molecule has 1 aliphatic heterocycles. The van der Waals surface area contributed by atoms with E-state index in [1.807, 2.05) is 6.92 Å². The standard InChI is InChI=1S/C8H14O3/c1-2-6(5-8(9)10)7-3-4-11-7/h6-7H,2-5H2,1H3,(H,9,10). The molecule has 2 atom stereocenters. The van der Waals surface area contributed by atoms with Crippen LogP contribution in [0.25, 0.3) is 0 Å². The number of aliphatic carboxylic acids is 1. The first-order chi connectivity index (χ1) is 5.24. The molecule has 0 aliphatic carbocycles. The minimum Gasteiger partial charge on any atom is -0.481 e. The summed E-state index contributed by atoms with van der Waals surface area (Å²) in [6, 6.07) is 0. The van der Waals surface area contributed by atoms with Gasteiger partial charge in [0.2, 0.25) is 0 Å². The van der Waals surface area contributed by atoms with Gasteiger partial charge in [-0.15, -0.1) is 0 Å². The summed E-state index contributed by atoms with van der Waals surface area (Å²) in [4.78, 5) is 10.4. The highest BCUT2D eigenvalue weighted by molar-refractivity contribution is 5.67. The molecule has 0 saturated carbocycles. The minimum absolute atomic E-state index is 0.219. The van der Waals surface area contributed by atoms with E-state index in [1.54, 1.807) is 0 Å². The molecule has 3 heteroatoms. The second-order valence-electron chi connectivity index (χ2n) is 2.96. The monoisotopic (exact) mass is 158 g/mol. The molecule has 1 N–H and O–H groups in total. The average Bonchev–Trinajstić information content (AvgIpc) is 1.81. The van der Waals surface area contributed by atoms with E-state index in [-0.39, 0.29) is 18.4 Å². The molecule has 0 radical (unpaired) electrons. The van der Waals surface area contributed by atoms with Crippen LogP contribution in [0.2, 0.25) is 0 Å².